The highest BCUT2D eigenvalue weighted by Crippen LogP contribution is 2.29. The fourth-order valence-electron chi connectivity index (χ4n) is 2.31. The zero-order chi connectivity index (χ0) is 12.4. The molecule has 1 unspecified atom stereocenters. The second-order valence-electron chi connectivity index (χ2n) is 4.20. The third kappa shape index (κ3) is 1.93. The highest BCUT2D eigenvalue weighted by Gasteiger charge is 2.22. The van der Waals surface area contributed by atoms with E-state index in [4.69, 9.17) is 4.74 Å². The van der Waals surface area contributed by atoms with Gasteiger partial charge in [-0.25, -0.2) is 0 Å². The van der Waals surface area contributed by atoms with Crippen LogP contribution in [0, 0.1) is 0 Å². The molecule has 90 valence electrons. The van der Waals surface area contributed by atoms with Crippen LogP contribution in [-0.2, 0) is 16.6 Å². The Labute approximate surface area is 101 Å². The van der Waals surface area contributed by atoms with Gasteiger partial charge in [-0.15, -0.1) is 0 Å². The average Bonchev–Trinajstić information content (AvgIpc) is 2.68. The van der Waals surface area contributed by atoms with E-state index < -0.39 is 0 Å². The van der Waals surface area contributed by atoms with Gasteiger partial charge in [0.15, 0.2) is 0 Å². The van der Waals surface area contributed by atoms with E-state index in [0.29, 0.717) is 0 Å². The van der Waals surface area contributed by atoms with Crippen LogP contribution in [0.1, 0.15) is 24.8 Å². The molecule has 0 saturated carbocycles. The Kier molecular flexibility index (Phi) is 3.18. The van der Waals surface area contributed by atoms with Crippen LogP contribution in [0.15, 0.2) is 30.5 Å². The zero-order valence-corrected chi connectivity index (χ0v) is 10.4. The van der Waals surface area contributed by atoms with Crippen molar-refractivity contribution in [2.75, 3.05) is 7.11 Å². The fraction of sp³-hybridized carbons (Fsp3) is 0.357. The number of rotatable bonds is 3. The lowest BCUT2D eigenvalue weighted by atomic mass is 9.96. The number of ether oxygens (including phenoxy) is 1. The van der Waals surface area contributed by atoms with E-state index in [1.807, 2.05) is 32.3 Å². The first-order chi connectivity index (χ1) is 8.19. The summed E-state index contributed by atoms with van der Waals surface area (Å²) in [5.41, 5.74) is 2.20. The summed E-state index contributed by atoms with van der Waals surface area (Å²) < 4.78 is 6.92. The number of benzene rings is 1. The van der Waals surface area contributed by atoms with Crippen LogP contribution in [0.5, 0.6) is 0 Å². The molecule has 3 nitrogen and oxygen atoms in total. The molecule has 1 aromatic heterocycles. The summed E-state index contributed by atoms with van der Waals surface area (Å²) in [6.07, 6.45) is 2.77. The highest BCUT2D eigenvalue weighted by atomic mass is 16.5. The molecule has 1 aromatic carbocycles. The summed E-state index contributed by atoms with van der Waals surface area (Å²) in [5.74, 6) is -0.338. The monoisotopic (exact) mass is 231 g/mol. The minimum Gasteiger partial charge on any atom is -0.469 e. The van der Waals surface area contributed by atoms with Crippen molar-refractivity contribution in [2.45, 2.75) is 19.3 Å². The minimum absolute atomic E-state index is 0.163. The number of carbonyl (C=O) groups excluding carboxylic acids is 1. The van der Waals surface area contributed by atoms with Crippen LogP contribution in [0.3, 0.4) is 0 Å². The molecule has 0 spiro atoms. The third-order valence-corrected chi connectivity index (χ3v) is 3.20. The van der Waals surface area contributed by atoms with Gasteiger partial charge in [-0.05, 0) is 18.1 Å². The molecule has 0 amide bonds. The van der Waals surface area contributed by atoms with Crippen LogP contribution in [-0.4, -0.2) is 17.6 Å². The van der Waals surface area contributed by atoms with E-state index in [0.717, 1.165) is 22.9 Å². The number of para-hydroxylation sites is 1. The van der Waals surface area contributed by atoms with Gasteiger partial charge in [0.1, 0.15) is 0 Å². The number of hydrogen-bond donors (Lipinski definition) is 0. The Morgan fingerprint density at radius 2 is 2.12 bits per heavy atom. The smallest absolute Gasteiger partial charge is 0.313 e. The first-order valence-corrected chi connectivity index (χ1v) is 5.80. The van der Waals surface area contributed by atoms with Crippen molar-refractivity contribution >= 4 is 16.9 Å². The Morgan fingerprint density at radius 1 is 1.41 bits per heavy atom. The first kappa shape index (κ1) is 11.7. The van der Waals surface area contributed by atoms with Gasteiger partial charge in [0, 0.05) is 24.1 Å². The van der Waals surface area contributed by atoms with Gasteiger partial charge in [0.2, 0.25) is 0 Å². The van der Waals surface area contributed by atoms with Crippen molar-refractivity contribution in [3.05, 3.63) is 36.0 Å². The number of methoxy groups -OCH3 is 1. The van der Waals surface area contributed by atoms with Crippen LogP contribution in [0.25, 0.3) is 10.9 Å². The zero-order valence-electron chi connectivity index (χ0n) is 10.4. The van der Waals surface area contributed by atoms with Crippen molar-refractivity contribution in [3.8, 4) is 0 Å². The molecular formula is C14H17NO2. The van der Waals surface area contributed by atoms with Crippen LogP contribution >= 0.6 is 0 Å². The van der Waals surface area contributed by atoms with Crippen molar-refractivity contribution in [1.82, 2.24) is 4.57 Å². The maximum atomic E-state index is 11.8. The van der Waals surface area contributed by atoms with Crippen molar-refractivity contribution < 1.29 is 9.53 Å². The second kappa shape index (κ2) is 4.62. The van der Waals surface area contributed by atoms with Gasteiger partial charge in [-0.1, -0.05) is 25.1 Å². The second-order valence-corrected chi connectivity index (χ2v) is 4.20. The molecule has 1 atom stereocenters. The molecule has 0 radical (unpaired) electrons. The summed E-state index contributed by atoms with van der Waals surface area (Å²) in [6.45, 7) is 2.00. The lowest BCUT2D eigenvalue weighted by Gasteiger charge is -2.11. The van der Waals surface area contributed by atoms with E-state index in [9.17, 15) is 4.79 Å². The number of aryl methyl sites for hydroxylation is 1. The van der Waals surface area contributed by atoms with E-state index in [1.165, 1.54) is 7.11 Å². The minimum atomic E-state index is -0.175. The van der Waals surface area contributed by atoms with Gasteiger partial charge in [0.25, 0.3) is 0 Å². The molecule has 1 heterocycles. The predicted octanol–water partition coefficient (Wildman–Crippen LogP) is 2.84. The Hall–Kier alpha value is -1.77. The molecular weight excluding hydrogens is 214 g/mol. The fourth-order valence-corrected chi connectivity index (χ4v) is 2.31. The Morgan fingerprint density at radius 3 is 2.76 bits per heavy atom. The maximum absolute atomic E-state index is 11.8. The topological polar surface area (TPSA) is 31.2 Å². The van der Waals surface area contributed by atoms with Gasteiger partial charge < -0.3 is 9.30 Å². The summed E-state index contributed by atoms with van der Waals surface area (Å²) in [4.78, 5) is 11.8. The SMILES string of the molecule is CCC(C(=O)OC)c1cn(C)c2ccccc12. The van der Waals surface area contributed by atoms with Crippen LogP contribution < -0.4 is 0 Å². The molecule has 0 N–H and O–H groups in total. The van der Waals surface area contributed by atoms with Crippen LogP contribution in [0.2, 0.25) is 0 Å². The van der Waals surface area contributed by atoms with E-state index in [2.05, 4.69) is 16.7 Å². The molecule has 0 bridgehead atoms. The molecule has 2 aromatic rings. The Balaban J connectivity index is 2.58. The van der Waals surface area contributed by atoms with Gasteiger partial charge in [-0.2, -0.15) is 0 Å². The quantitative estimate of drug-likeness (QED) is 0.761. The summed E-state index contributed by atoms with van der Waals surface area (Å²) in [6, 6.07) is 8.11. The van der Waals surface area contributed by atoms with Crippen LogP contribution in [0.4, 0.5) is 0 Å². The van der Waals surface area contributed by atoms with Crippen molar-refractivity contribution in [1.29, 1.82) is 0 Å². The number of hydrogen-bond acceptors (Lipinski definition) is 2. The molecule has 2 rings (SSSR count). The molecule has 0 saturated heterocycles. The third-order valence-electron chi connectivity index (χ3n) is 3.20. The van der Waals surface area contributed by atoms with Crippen molar-refractivity contribution in [2.24, 2.45) is 7.05 Å². The first-order valence-electron chi connectivity index (χ1n) is 5.80. The normalized spacial score (nSPS) is 12.6. The molecule has 3 heteroatoms. The number of nitrogens with zero attached hydrogens (tertiary/aromatic N) is 1. The predicted molar refractivity (Wildman–Crippen MR) is 68.0 cm³/mol. The summed E-state index contributed by atoms with van der Waals surface area (Å²) in [7, 11) is 3.44. The molecule has 0 fully saturated rings. The number of fused-ring (bicyclic) bond motifs is 1. The molecule has 0 aliphatic heterocycles. The Bertz CT molecular complexity index is 542. The van der Waals surface area contributed by atoms with Gasteiger partial charge in [-0.3, -0.25) is 4.79 Å². The van der Waals surface area contributed by atoms with E-state index in [1.54, 1.807) is 0 Å². The van der Waals surface area contributed by atoms with Gasteiger partial charge in [0.05, 0.1) is 13.0 Å². The molecule has 0 aliphatic rings. The van der Waals surface area contributed by atoms with E-state index >= 15 is 0 Å². The summed E-state index contributed by atoms with van der Waals surface area (Å²) in [5, 5.41) is 1.13. The molecule has 17 heavy (non-hydrogen) atoms. The average molecular weight is 231 g/mol. The lowest BCUT2D eigenvalue weighted by molar-refractivity contribution is -0.142. The largest absolute Gasteiger partial charge is 0.469 e. The van der Waals surface area contributed by atoms with Crippen molar-refractivity contribution in [3.63, 3.8) is 0 Å². The summed E-state index contributed by atoms with van der Waals surface area (Å²) >= 11 is 0. The number of carbonyl (C=O) groups is 1. The maximum Gasteiger partial charge on any atom is 0.313 e. The number of aromatic nitrogens is 1. The standard InChI is InChI=1S/C14H17NO2/c1-4-10(14(16)17-3)12-9-15(2)13-8-6-5-7-11(12)13/h5-10H,4H2,1-3H3. The molecule has 0 aliphatic carbocycles. The van der Waals surface area contributed by atoms with Gasteiger partial charge >= 0.3 is 5.97 Å². The lowest BCUT2D eigenvalue weighted by Crippen LogP contribution is -2.13. The van der Waals surface area contributed by atoms with E-state index in [-0.39, 0.29) is 11.9 Å². The number of esters is 1. The highest BCUT2D eigenvalue weighted by molar-refractivity contribution is 5.90.